The van der Waals surface area contributed by atoms with Gasteiger partial charge in [-0.05, 0) is 24.3 Å². The third-order valence-electron chi connectivity index (χ3n) is 2.88. The summed E-state index contributed by atoms with van der Waals surface area (Å²) in [5, 5.41) is 2.67. The highest BCUT2D eigenvalue weighted by Crippen LogP contribution is 2.26. The Kier molecular flexibility index (Phi) is 4.90. The van der Waals surface area contributed by atoms with Crippen molar-refractivity contribution in [1.82, 2.24) is 0 Å². The van der Waals surface area contributed by atoms with E-state index >= 15 is 0 Å². The number of esters is 1. The molecule has 2 aromatic carbocycles. The Balaban J connectivity index is 2.40. The minimum Gasteiger partial charge on any atom is -0.467 e. The maximum atomic E-state index is 14.0. The monoisotopic (exact) mass is 355 g/mol. The summed E-state index contributed by atoms with van der Waals surface area (Å²) in [7, 11) is 1.19. The average Bonchev–Trinajstić information content (AvgIpc) is 2.46. The molecule has 1 atom stereocenters. The van der Waals surface area contributed by atoms with Crippen molar-refractivity contribution in [3.8, 4) is 0 Å². The van der Waals surface area contributed by atoms with Crippen LogP contribution in [0.3, 0.4) is 0 Å². The number of rotatable bonds is 4. The summed E-state index contributed by atoms with van der Waals surface area (Å²) in [4.78, 5) is 11.9. The number of para-hydroxylation sites is 1. The quantitative estimate of drug-likeness (QED) is 0.840. The molecule has 2 aromatic rings. The molecule has 2 rings (SSSR count). The Morgan fingerprint density at radius 2 is 1.90 bits per heavy atom. The van der Waals surface area contributed by atoms with Crippen molar-refractivity contribution < 1.29 is 18.3 Å². The van der Waals surface area contributed by atoms with E-state index in [2.05, 4.69) is 26.0 Å². The second-order valence-electron chi connectivity index (χ2n) is 4.25. The lowest BCUT2D eigenvalue weighted by Gasteiger charge is -2.19. The summed E-state index contributed by atoms with van der Waals surface area (Å²) in [6.45, 7) is 0. The Morgan fingerprint density at radius 1 is 1.19 bits per heavy atom. The minimum atomic E-state index is -1.14. The van der Waals surface area contributed by atoms with E-state index < -0.39 is 23.6 Å². The number of carbonyl (C=O) groups excluding carboxylic acids is 1. The molecule has 0 aliphatic rings. The zero-order valence-corrected chi connectivity index (χ0v) is 12.7. The molecule has 110 valence electrons. The van der Waals surface area contributed by atoms with Crippen LogP contribution in [0.25, 0.3) is 0 Å². The summed E-state index contributed by atoms with van der Waals surface area (Å²) in [6.07, 6.45) is 0. The molecule has 0 spiro atoms. The lowest BCUT2D eigenvalue weighted by atomic mass is 10.1. The van der Waals surface area contributed by atoms with Gasteiger partial charge in [0.15, 0.2) is 6.04 Å². The fourth-order valence-electron chi connectivity index (χ4n) is 1.85. The van der Waals surface area contributed by atoms with Crippen LogP contribution >= 0.6 is 15.9 Å². The van der Waals surface area contributed by atoms with Crippen LogP contribution in [0, 0.1) is 11.6 Å². The Bertz CT molecular complexity index is 664. The van der Waals surface area contributed by atoms with Gasteiger partial charge in [0.1, 0.15) is 11.6 Å². The van der Waals surface area contributed by atoms with Gasteiger partial charge in [-0.3, -0.25) is 0 Å². The molecule has 0 heterocycles. The molecule has 1 unspecified atom stereocenters. The molecule has 0 saturated carbocycles. The maximum Gasteiger partial charge on any atom is 0.333 e. The lowest BCUT2D eigenvalue weighted by molar-refractivity contribution is -0.141. The third kappa shape index (κ3) is 3.58. The van der Waals surface area contributed by atoms with Gasteiger partial charge in [0.25, 0.3) is 0 Å². The Morgan fingerprint density at radius 3 is 2.52 bits per heavy atom. The second kappa shape index (κ2) is 6.67. The predicted octanol–water partition coefficient (Wildman–Crippen LogP) is 4.05. The molecule has 0 amide bonds. The largest absolute Gasteiger partial charge is 0.467 e. The fourth-order valence-corrected chi connectivity index (χ4v) is 2.18. The zero-order chi connectivity index (χ0) is 15.4. The first kappa shape index (κ1) is 15.4. The number of benzene rings is 2. The number of anilines is 1. The SMILES string of the molecule is COC(=O)C(Nc1ccccc1F)c1ccc(Br)cc1F. The molecule has 1 N–H and O–H groups in total. The van der Waals surface area contributed by atoms with Crippen molar-refractivity contribution in [2.45, 2.75) is 6.04 Å². The molecule has 0 aliphatic heterocycles. The van der Waals surface area contributed by atoms with Crippen molar-refractivity contribution in [2.75, 3.05) is 12.4 Å². The molecule has 0 fully saturated rings. The molecule has 0 radical (unpaired) electrons. The van der Waals surface area contributed by atoms with Gasteiger partial charge in [-0.1, -0.05) is 34.1 Å². The number of ether oxygens (including phenoxy) is 1. The molecule has 0 aliphatic carbocycles. The fraction of sp³-hybridized carbons (Fsp3) is 0.133. The first-order chi connectivity index (χ1) is 10.0. The second-order valence-corrected chi connectivity index (χ2v) is 5.16. The highest BCUT2D eigenvalue weighted by atomic mass is 79.9. The van der Waals surface area contributed by atoms with Crippen LogP contribution in [-0.2, 0) is 9.53 Å². The van der Waals surface area contributed by atoms with E-state index in [1.807, 2.05) is 0 Å². The van der Waals surface area contributed by atoms with E-state index in [1.54, 1.807) is 12.1 Å². The van der Waals surface area contributed by atoms with Crippen molar-refractivity contribution in [3.63, 3.8) is 0 Å². The van der Waals surface area contributed by atoms with E-state index in [-0.39, 0.29) is 11.3 Å². The van der Waals surface area contributed by atoms with E-state index in [9.17, 15) is 13.6 Å². The number of methoxy groups -OCH3 is 1. The average molecular weight is 356 g/mol. The first-order valence-electron chi connectivity index (χ1n) is 6.06. The van der Waals surface area contributed by atoms with Gasteiger partial charge < -0.3 is 10.1 Å². The lowest BCUT2D eigenvalue weighted by Crippen LogP contribution is -2.23. The number of hydrogen-bond donors (Lipinski definition) is 1. The van der Waals surface area contributed by atoms with Crippen molar-refractivity contribution in [3.05, 3.63) is 64.1 Å². The van der Waals surface area contributed by atoms with Gasteiger partial charge in [0.2, 0.25) is 0 Å². The number of nitrogens with one attached hydrogen (secondary N) is 1. The maximum absolute atomic E-state index is 14.0. The van der Waals surface area contributed by atoms with Gasteiger partial charge in [-0.25, -0.2) is 13.6 Å². The van der Waals surface area contributed by atoms with E-state index in [4.69, 9.17) is 0 Å². The molecular weight excluding hydrogens is 344 g/mol. The molecular formula is C15H12BrF2NO2. The van der Waals surface area contributed by atoms with Crippen molar-refractivity contribution in [2.24, 2.45) is 0 Å². The summed E-state index contributed by atoms with van der Waals surface area (Å²) in [5.74, 6) is -1.84. The minimum absolute atomic E-state index is 0.0771. The number of hydrogen-bond acceptors (Lipinski definition) is 3. The topological polar surface area (TPSA) is 38.3 Å². The highest BCUT2D eigenvalue weighted by molar-refractivity contribution is 9.10. The van der Waals surface area contributed by atoms with Crippen LogP contribution in [0.2, 0.25) is 0 Å². The summed E-state index contributed by atoms with van der Waals surface area (Å²) < 4.78 is 32.9. The Hall–Kier alpha value is -1.95. The van der Waals surface area contributed by atoms with Gasteiger partial charge in [-0.2, -0.15) is 0 Å². The highest BCUT2D eigenvalue weighted by Gasteiger charge is 2.25. The summed E-state index contributed by atoms with van der Waals surface area (Å²) in [6, 6.07) is 8.96. The predicted molar refractivity (Wildman–Crippen MR) is 78.9 cm³/mol. The molecule has 0 saturated heterocycles. The first-order valence-corrected chi connectivity index (χ1v) is 6.86. The van der Waals surface area contributed by atoms with Gasteiger partial charge in [0, 0.05) is 10.0 Å². The standard InChI is InChI=1S/C15H12BrF2NO2/c1-21-15(20)14(10-7-6-9(16)8-12(10)18)19-13-5-3-2-4-11(13)17/h2-8,14,19H,1H3. The summed E-state index contributed by atoms with van der Waals surface area (Å²) in [5.41, 5.74) is 0.170. The molecule has 0 bridgehead atoms. The van der Waals surface area contributed by atoms with Crippen LogP contribution in [0.1, 0.15) is 11.6 Å². The summed E-state index contributed by atoms with van der Waals surface area (Å²) >= 11 is 3.14. The van der Waals surface area contributed by atoms with Crippen molar-refractivity contribution in [1.29, 1.82) is 0 Å². The van der Waals surface area contributed by atoms with Gasteiger partial charge in [0.05, 0.1) is 12.8 Å². The third-order valence-corrected chi connectivity index (χ3v) is 3.38. The van der Waals surface area contributed by atoms with E-state index in [1.165, 1.54) is 37.4 Å². The Labute approximate surface area is 129 Å². The molecule has 0 aromatic heterocycles. The van der Waals surface area contributed by atoms with Crippen LogP contribution in [-0.4, -0.2) is 13.1 Å². The van der Waals surface area contributed by atoms with E-state index in [0.29, 0.717) is 4.47 Å². The van der Waals surface area contributed by atoms with Crippen LogP contribution in [0.4, 0.5) is 14.5 Å². The molecule has 3 nitrogen and oxygen atoms in total. The van der Waals surface area contributed by atoms with E-state index in [0.717, 1.165) is 0 Å². The number of halogens is 3. The van der Waals surface area contributed by atoms with Gasteiger partial charge in [-0.15, -0.1) is 0 Å². The normalized spacial score (nSPS) is 11.8. The van der Waals surface area contributed by atoms with Gasteiger partial charge >= 0.3 is 5.97 Å². The zero-order valence-electron chi connectivity index (χ0n) is 11.1. The smallest absolute Gasteiger partial charge is 0.333 e. The van der Waals surface area contributed by atoms with Crippen LogP contribution < -0.4 is 5.32 Å². The number of carbonyl (C=O) groups is 1. The van der Waals surface area contributed by atoms with Crippen LogP contribution in [0.15, 0.2) is 46.9 Å². The van der Waals surface area contributed by atoms with Crippen LogP contribution in [0.5, 0.6) is 0 Å². The van der Waals surface area contributed by atoms with Crippen molar-refractivity contribution >= 4 is 27.6 Å². The molecule has 21 heavy (non-hydrogen) atoms. The molecule has 6 heteroatoms.